The van der Waals surface area contributed by atoms with E-state index in [4.69, 9.17) is 4.74 Å². The SMILES string of the molecule is CCCC[N+](C)(CCCC)CCCOc1ccccc1C(O)c1ccccc1.[I-]. The highest BCUT2D eigenvalue weighted by atomic mass is 127. The van der Waals surface area contributed by atoms with E-state index in [1.54, 1.807) is 0 Å². The molecule has 2 aromatic carbocycles. The van der Waals surface area contributed by atoms with E-state index in [1.807, 2.05) is 54.6 Å². The van der Waals surface area contributed by atoms with E-state index in [-0.39, 0.29) is 24.0 Å². The second-order valence-electron chi connectivity index (χ2n) is 8.05. The minimum Gasteiger partial charge on any atom is -1.00 e. The number of aliphatic hydroxyl groups is 1. The first-order valence-electron chi connectivity index (χ1n) is 10.9. The van der Waals surface area contributed by atoms with Gasteiger partial charge in [-0.3, -0.25) is 0 Å². The van der Waals surface area contributed by atoms with Gasteiger partial charge in [0, 0.05) is 12.0 Å². The monoisotopic (exact) mass is 511 g/mol. The van der Waals surface area contributed by atoms with Crippen molar-refractivity contribution in [3.05, 3.63) is 65.7 Å². The molecule has 0 aliphatic rings. The molecule has 0 aliphatic carbocycles. The number of nitrogens with zero attached hydrogens (tertiary/aromatic N) is 1. The van der Waals surface area contributed by atoms with Crippen molar-refractivity contribution in [1.29, 1.82) is 0 Å². The highest BCUT2D eigenvalue weighted by Gasteiger charge is 2.20. The van der Waals surface area contributed by atoms with E-state index in [1.165, 1.54) is 38.8 Å². The summed E-state index contributed by atoms with van der Waals surface area (Å²) in [4.78, 5) is 0. The number of ether oxygens (including phenoxy) is 1. The Kier molecular flexibility index (Phi) is 12.5. The van der Waals surface area contributed by atoms with Gasteiger partial charge in [-0.05, 0) is 24.5 Å². The summed E-state index contributed by atoms with van der Waals surface area (Å²) in [7, 11) is 2.39. The van der Waals surface area contributed by atoms with Crippen LogP contribution in [0.15, 0.2) is 54.6 Å². The van der Waals surface area contributed by atoms with E-state index in [0.717, 1.165) is 34.3 Å². The first-order chi connectivity index (χ1) is 13.6. The van der Waals surface area contributed by atoms with Crippen LogP contribution in [0.4, 0.5) is 0 Å². The summed E-state index contributed by atoms with van der Waals surface area (Å²) in [5.41, 5.74) is 1.73. The van der Waals surface area contributed by atoms with Gasteiger partial charge in [0.15, 0.2) is 0 Å². The molecule has 0 spiro atoms. The fourth-order valence-electron chi connectivity index (χ4n) is 3.70. The molecular weight excluding hydrogens is 473 g/mol. The molecule has 0 saturated carbocycles. The van der Waals surface area contributed by atoms with Gasteiger partial charge in [0.05, 0.1) is 33.3 Å². The van der Waals surface area contributed by atoms with Crippen LogP contribution in [0.25, 0.3) is 0 Å². The van der Waals surface area contributed by atoms with Crippen LogP contribution in [0.3, 0.4) is 0 Å². The number of quaternary nitrogens is 1. The summed E-state index contributed by atoms with van der Waals surface area (Å²) in [5, 5.41) is 10.8. The number of hydrogen-bond acceptors (Lipinski definition) is 2. The van der Waals surface area contributed by atoms with Crippen LogP contribution in [0.1, 0.15) is 63.2 Å². The van der Waals surface area contributed by atoms with Crippen molar-refractivity contribution >= 4 is 0 Å². The Labute approximate surface area is 194 Å². The lowest BCUT2D eigenvalue weighted by atomic mass is 10.0. The third kappa shape index (κ3) is 8.65. The zero-order chi connectivity index (χ0) is 20.2. The average molecular weight is 511 g/mol. The Hall–Kier alpha value is -1.11. The molecule has 2 rings (SSSR count). The summed E-state index contributed by atoms with van der Waals surface area (Å²) >= 11 is 0. The topological polar surface area (TPSA) is 29.5 Å². The van der Waals surface area contributed by atoms with Crippen molar-refractivity contribution in [2.75, 3.05) is 33.3 Å². The quantitative estimate of drug-likeness (QED) is 0.255. The maximum absolute atomic E-state index is 10.8. The molecule has 2 aromatic rings. The molecule has 1 N–H and O–H groups in total. The van der Waals surface area contributed by atoms with Gasteiger partial charge in [0.1, 0.15) is 11.9 Å². The molecule has 0 bridgehead atoms. The molecule has 29 heavy (non-hydrogen) atoms. The first kappa shape index (κ1) is 25.9. The maximum Gasteiger partial charge on any atom is 0.125 e. The van der Waals surface area contributed by atoms with Crippen LogP contribution < -0.4 is 28.7 Å². The van der Waals surface area contributed by atoms with Crippen molar-refractivity contribution < 1.29 is 38.3 Å². The predicted molar refractivity (Wildman–Crippen MR) is 118 cm³/mol. The minimum atomic E-state index is -0.660. The van der Waals surface area contributed by atoms with Gasteiger partial charge in [0.2, 0.25) is 0 Å². The molecule has 4 heteroatoms. The van der Waals surface area contributed by atoms with Crippen molar-refractivity contribution in [3.63, 3.8) is 0 Å². The van der Waals surface area contributed by atoms with E-state index >= 15 is 0 Å². The van der Waals surface area contributed by atoms with E-state index in [9.17, 15) is 5.11 Å². The van der Waals surface area contributed by atoms with Crippen LogP contribution in [-0.2, 0) is 0 Å². The molecule has 3 nitrogen and oxygen atoms in total. The Balaban J connectivity index is 0.00000420. The van der Waals surface area contributed by atoms with Crippen molar-refractivity contribution in [3.8, 4) is 5.75 Å². The summed E-state index contributed by atoms with van der Waals surface area (Å²) in [5.74, 6) is 0.787. The largest absolute Gasteiger partial charge is 1.00 e. The van der Waals surface area contributed by atoms with Gasteiger partial charge < -0.3 is 38.3 Å². The normalized spacial score (nSPS) is 12.3. The molecule has 0 amide bonds. The van der Waals surface area contributed by atoms with Crippen molar-refractivity contribution in [2.45, 2.75) is 52.1 Å². The lowest BCUT2D eigenvalue weighted by Gasteiger charge is -2.35. The summed E-state index contributed by atoms with van der Waals surface area (Å²) < 4.78 is 7.25. The second-order valence-corrected chi connectivity index (χ2v) is 8.05. The molecule has 1 atom stereocenters. The number of rotatable bonds is 13. The molecule has 0 radical (unpaired) electrons. The number of benzene rings is 2. The van der Waals surface area contributed by atoms with Crippen LogP contribution in [0, 0.1) is 0 Å². The van der Waals surface area contributed by atoms with Gasteiger partial charge in [0.25, 0.3) is 0 Å². The Morgan fingerprint density at radius 1 is 0.828 bits per heavy atom. The number of unbranched alkanes of at least 4 members (excludes halogenated alkanes) is 2. The Bertz CT molecular complexity index is 670. The zero-order valence-electron chi connectivity index (χ0n) is 18.3. The number of hydrogen-bond donors (Lipinski definition) is 1. The molecule has 162 valence electrons. The number of para-hydroxylation sites is 1. The lowest BCUT2D eigenvalue weighted by molar-refractivity contribution is -0.910. The second kappa shape index (κ2) is 14.0. The average Bonchev–Trinajstić information content (AvgIpc) is 2.74. The highest BCUT2D eigenvalue weighted by molar-refractivity contribution is 5.40. The van der Waals surface area contributed by atoms with Crippen molar-refractivity contribution in [1.82, 2.24) is 0 Å². The lowest BCUT2D eigenvalue weighted by Crippen LogP contribution is -3.00. The molecule has 0 heterocycles. The summed E-state index contributed by atoms with van der Waals surface area (Å²) in [6.07, 6.45) is 5.44. The van der Waals surface area contributed by atoms with Gasteiger partial charge in [-0.15, -0.1) is 0 Å². The van der Waals surface area contributed by atoms with Crippen LogP contribution in [0.2, 0.25) is 0 Å². The number of aliphatic hydroxyl groups excluding tert-OH is 1. The fourth-order valence-corrected chi connectivity index (χ4v) is 3.70. The zero-order valence-corrected chi connectivity index (χ0v) is 20.5. The summed E-state index contributed by atoms with van der Waals surface area (Å²) in [6, 6.07) is 17.6. The Morgan fingerprint density at radius 2 is 1.38 bits per heavy atom. The first-order valence-corrected chi connectivity index (χ1v) is 10.9. The minimum absolute atomic E-state index is 0. The summed E-state index contributed by atoms with van der Waals surface area (Å²) in [6.45, 7) is 8.86. The molecule has 0 saturated heterocycles. The van der Waals surface area contributed by atoms with E-state index in [0.29, 0.717) is 6.61 Å². The maximum atomic E-state index is 10.8. The fraction of sp³-hybridized carbons (Fsp3) is 0.520. The third-order valence-corrected chi connectivity index (χ3v) is 5.53. The number of halogens is 1. The van der Waals surface area contributed by atoms with Gasteiger partial charge in [-0.25, -0.2) is 0 Å². The molecule has 0 fully saturated rings. The van der Waals surface area contributed by atoms with Crippen molar-refractivity contribution in [2.24, 2.45) is 0 Å². The van der Waals surface area contributed by atoms with Crippen LogP contribution in [-0.4, -0.2) is 42.9 Å². The Morgan fingerprint density at radius 3 is 2.00 bits per heavy atom. The van der Waals surface area contributed by atoms with E-state index < -0.39 is 6.10 Å². The molecule has 0 aliphatic heterocycles. The van der Waals surface area contributed by atoms with Gasteiger partial charge in [-0.2, -0.15) is 0 Å². The molecule has 1 unspecified atom stereocenters. The van der Waals surface area contributed by atoms with E-state index in [2.05, 4.69) is 20.9 Å². The third-order valence-electron chi connectivity index (χ3n) is 5.53. The standard InChI is InChI=1S/C25H38NO2.HI/c1-4-6-18-26(3,19-7-5-2)20-13-21-28-24-17-12-11-16-23(24)25(27)22-14-9-8-10-15-22;/h8-12,14-17,25,27H,4-7,13,18-21H2,1-3H3;1H/q+1;/p-1. The molecule has 0 aromatic heterocycles. The van der Waals surface area contributed by atoms with Crippen LogP contribution in [0.5, 0.6) is 5.75 Å². The highest BCUT2D eigenvalue weighted by Crippen LogP contribution is 2.29. The van der Waals surface area contributed by atoms with Gasteiger partial charge >= 0.3 is 0 Å². The van der Waals surface area contributed by atoms with Crippen LogP contribution >= 0.6 is 0 Å². The molecular formula is C25H38INO2. The smallest absolute Gasteiger partial charge is 0.125 e. The predicted octanol–water partition coefficient (Wildman–Crippen LogP) is 2.59. The van der Waals surface area contributed by atoms with Gasteiger partial charge in [-0.1, -0.05) is 75.2 Å².